The number of benzene rings is 9. The maximum Gasteiger partial charge on any atom is 0.0623 e. The van der Waals surface area contributed by atoms with Crippen LogP contribution in [0.2, 0.25) is 0 Å². The van der Waals surface area contributed by atoms with E-state index < -0.39 is 0 Å². The zero-order valence-electron chi connectivity index (χ0n) is 33.6. The van der Waals surface area contributed by atoms with Gasteiger partial charge in [-0.25, -0.2) is 0 Å². The maximum absolute atomic E-state index is 3.43. The molecule has 0 fully saturated rings. The van der Waals surface area contributed by atoms with Crippen LogP contribution < -0.4 is 31.9 Å². The van der Waals surface area contributed by atoms with E-state index in [0.717, 1.165) is 45.5 Å². The number of nitrogens with one attached hydrogen (secondary N) is 4. The minimum Gasteiger partial charge on any atom is -0.354 e. The van der Waals surface area contributed by atoms with Crippen molar-refractivity contribution in [3.05, 3.63) is 237 Å². The van der Waals surface area contributed by atoms with Gasteiger partial charge in [0.15, 0.2) is 0 Å². The Hall–Kier alpha value is -7.16. The first-order chi connectivity index (χ1) is 30.1. The Kier molecular flexibility index (Phi) is 13.4. The van der Waals surface area contributed by atoms with Gasteiger partial charge < -0.3 is 25.8 Å². The van der Waals surface area contributed by atoms with Crippen molar-refractivity contribution in [2.45, 2.75) is 0 Å². The highest BCUT2D eigenvalue weighted by molar-refractivity contribution is 7.27. The van der Waals surface area contributed by atoms with Gasteiger partial charge in [0.25, 0.3) is 0 Å². The predicted octanol–water partition coefficient (Wildman–Crippen LogP) is 14.1. The number of hydrogen-bond acceptors (Lipinski definition) is 4. The van der Waals surface area contributed by atoms with E-state index in [1.807, 2.05) is 97.1 Å². The topological polar surface area (TPSA) is 53.1 Å². The number of fused-ring (bicyclic) bond motifs is 3. The third-order valence-corrected chi connectivity index (χ3v) is 10.6. The van der Waals surface area contributed by atoms with Gasteiger partial charge in [0, 0.05) is 39.2 Å². The molecule has 4 N–H and O–H groups in total. The van der Waals surface area contributed by atoms with Gasteiger partial charge >= 0.3 is 0 Å². The fraction of sp³-hybridized carbons (Fsp3) is 0. The van der Waals surface area contributed by atoms with Crippen LogP contribution in [0.15, 0.2) is 237 Å². The zero-order valence-corrected chi connectivity index (χ0v) is 35.9. The summed E-state index contributed by atoms with van der Waals surface area (Å²) in [5.41, 5.74) is 12.2. The van der Waals surface area contributed by atoms with E-state index in [9.17, 15) is 0 Å². The van der Waals surface area contributed by atoms with Crippen molar-refractivity contribution < 1.29 is 0 Å². The molecule has 61 heavy (non-hydrogen) atoms. The third-order valence-electron chi connectivity index (χ3n) is 9.90. The van der Waals surface area contributed by atoms with Crippen molar-refractivity contribution in [1.29, 1.82) is 0 Å². The summed E-state index contributed by atoms with van der Waals surface area (Å²) in [4.78, 5) is 0. The Morgan fingerprint density at radius 3 is 0.836 bits per heavy atom. The normalized spacial score (nSPS) is 10.5. The molecule has 9 aromatic carbocycles. The van der Waals surface area contributed by atoms with Gasteiger partial charge in [-0.2, -0.15) is 0 Å². The quantitative estimate of drug-likeness (QED) is 0.110. The lowest BCUT2D eigenvalue weighted by Gasteiger charge is -2.13. The highest BCUT2D eigenvalue weighted by Crippen LogP contribution is 2.32. The van der Waals surface area contributed by atoms with E-state index in [1.165, 1.54) is 38.1 Å². The first-order valence-electron chi connectivity index (χ1n) is 20.2. The second kappa shape index (κ2) is 20.2. The summed E-state index contributed by atoms with van der Waals surface area (Å²) in [7, 11) is 5.58. The molecular weight excluding hydrogens is 781 g/mol. The lowest BCUT2D eigenvalue weighted by atomic mass is 10.1. The van der Waals surface area contributed by atoms with Crippen LogP contribution in [0.25, 0.3) is 27.5 Å². The van der Waals surface area contributed by atoms with Crippen molar-refractivity contribution in [3.63, 3.8) is 0 Å². The Morgan fingerprint density at radius 2 is 0.541 bits per heavy atom. The van der Waals surface area contributed by atoms with Crippen LogP contribution in [-0.4, -0.2) is 4.57 Å². The summed E-state index contributed by atoms with van der Waals surface area (Å²) < 4.78 is 2.34. The van der Waals surface area contributed by atoms with E-state index in [1.54, 1.807) is 0 Å². The zero-order chi connectivity index (χ0) is 41.6. The Balaban J connectivity index is 0.000000126. The van der Waals surface area contributed by atoms with Crippen LogP contribution in [0.4, 0.5) is 45.5 Å². The van der Waals surface area contributed by atoms with Crippen molar-refractivity contribution in [3.8, 4) is 5.69 Å². The Morgan fingerprint density at radius 1 is 0.279 bits per heavy atom. The standard InChI is InChI=1S/2C18H16N2.C18H15NP2/c2*1-3-9-15(10-4-1)19-17-13-7-8-14-18(17)20-16-11-5-2-6-12-16;20-13-6-8-15-16-9-7-14(21)11-18(16)19(17(15)10-13)12-4-2-1-3-5-12/h2*1-14,19-20H;1-11H,20-21H2. The number of para-hydroxylation sites is 9. The second-order valence-corrected chi connectivity index (χ2v) is 15.6. The van der Waals surface area contributed by atoms with E-state index in [4.69, 9.17) is 0 Å². The van der Waals surface area contributed by atoms with Crippen LogP contribution in [0, 0.1) is 0 Å². The summed E-state index contributed by atoms with van der Waals surface area (Å²) in [6.45, 7) is 0. The van der Waals surface area contributed by atoms with E-state index in [-0.39, 0.29) is 0 Å². The average Bonchev–Trinajstić information content (AvgIpc) is 3.62. The van der Waals surface area contributed by atoms with Crippen LogP contribution in [-0.2, 0) is 0 Å². The molecule has 0 spiro atoms. The Bertz CT molecular complexity index is 2620. The van der Waals surface area contributed by atoms with Gasteiger partial charge in [-0.3, -0.25) is 0 Å². The van der Waals surface area contributed by atoms with Gasteiger partial charge in [0.05, 0.1) is 33.8 Å². The highest BCUT2D eigenvalue weighted by atomic mass is 31.0. The van der Waals surface area contributed by atoms with Gasteiger partial charge in [-0.1, -0.05) is 140 Å². The number of nitrogens with zero attached hydrogens (tertiary/aromatic N) is 1. The fourth-order valence-corrected chi connectivity index (χ4v) is 7.53. The average molecular weight is 828 g/mol. The molecule has 0 aliphatic heterocycles. The first kappa shape index (κ1) is 40.6. The maximum atomic E-state index is 3.43. The fourth-order valence-electron chi connectivity index (χ4n) is 7.02. The SMILES string of the molecule is Pc1ccc2c3ccc(P)cc3n(-c3ccccc3)c2c1.c1ccc(Nc2ccccc2Nc2ccccc2)cc1.c1ccc(Nc2ccccc2Nc2ccccc2)cc1. The minimum absolute atomic E-state index is 1.06. The summed E-state index contributed by atoms with van der Waals surface area (Å²) in [6, 6.07) is 80.8. The largest absolute Gasteiger partial charge is 0.354 e. The molecule has 0 saturated heterocycles. The molecule has 5 nitrogen and oxygen atoms in total. The molecule has 0 saturated carbocycles. The first-order valence-corrected chi connectivity index (χ1v) is 21.3. The van der Waals surface area contributed by atoms with Gasteiger partial charge in [-0.15, -0.1) is 18.5 Å². The molecule has 0 amide bonds. The molecule has 10 rings (SSSR count). The van der Waals surface area contributed by atoms with Crippen LogP contribution in [0.5, 0.6) is 0 Å². The smallest absolute Gasteiger partial charge is 0.0623 e. The molecular formula is C54H47N5P2. The number of aromatic nitrogens is 1. The summed E-state index contributed by atoms with van der Waals surface area (Å²) >= 11 is 0. The molecule has 1 heterocycles. The Labute approximate surface area is 362 Å². The van der Waals surface area contributed by atoms with Crippen molar-refractivity contribution >= 4 is 96.4 Å². The van der Waals surface area contributed by atoms with Crippen LogP contribution in [0.1, 0.15) is 0 Å². The van der Waals surface area contributed by atoms with Gasteiger partial charge in [0.2, 0.25) is 0 Å². The predicted molar refractivity (Wildman–Crippen MR) is 271 cm³/mol. The molecule has 1 aromatic heterocycles. The van der Waals surface area contributed by atoms with Crippen molar-refractivity contribution in [2.75, 3.05) is 21.3 Å². The lowest BCUT2D eigenvalue weighted by Crippen LogP contribution is -1.97. The van der Waals surface area contributed by atoms with Crippen molar-refractivity contribution in [2.24, 2.45) is 0 Å². The number of rotatable bonds is 9. The third kappa shape index (κ3) is 10.7. The molecule has 0 bridgehead atoms. The van der Waals surface area contributed by atoms with Crippen LogP contribution >= 0.6 is 18.5 Å². The molecule has 10 aromatic rings. The minimum atomic E-state index is 1.06. The summed E-state index contributed by atoms with van der Waals surface area (Å²) in [6.07, 6.45) is 0. The van der Waals surface area contributed by atoms with E-state index in [2.05, 4.69) is 184 Å². The van der Waals surface area contributed by atoms with Gasteiger partial charge in [0.1, 0.15) is 0 Å². The molecule has 2 unspecified atom stereocenters. The molecule has 2 atom stereocenters. The van der Waals surface area contributed by atoms with E-state index in [0.29, 0.717) is 0 Å². The molecule has 0 aliphatic rings. The molecule has 0 radical (unpaired) electrons. The van der Waals surface area contributed by atoms with Crippen molar-refractivity contribution in [1.82, 2.24) is 4.57 Å². The number of anilines is 8. The monoisotopic (exact) mass is 827 g/mol. The lowest BCUT2D eigenvalue weighted by molar-refractivity contribution is 1.18. The number of hydrogen-bond donors (Lipinski definition) is 4. The summed E-state index contributed by atoms with van der Waals surface area (Å²) in [5, 5.41) is 18.7. The second-order valence-electron chi connectivity index (χ2n) is 14.3. The highest BCUT2D eigenvalue weighted by Gasteiger charge is 2.12. The van der Waals surface area contributed by atoms with Gasteiger partial charge in [-0.05, 0) is 108 Å². The van der Waals surface area contributed by atoms with Crippen LogP contribution in [0.3, 0.4) is 0 Å². The molecule has 7 heteroatoms. The van der Waals surface area contributed by atoms with E-state index >= 15 is 0 Å². The molecule has 0 aliphatic carbocycles. The molecule has 298 valence electrons. The summed E-state index contributed by atoms with van der Waals surface area (Å²) in [5.74, 6) is 0.